The lowest BCUT2D eigenvalue weighted by molar-refractivity contribution is -0.180. The normalized spacial score (nSPS) is 24.3. The fourth-order valence-corrected chi connectivity index (χ4v) is 3.17. The second-order valence-corrected chi connectivity index (χ2v) is 7.57. The molecule has 1 saturated heterocycles. The zero-order valence-corrected chi connectivity index (χ0v) is 14.5. The third-order valence-electron chi connectivity index (χ3n) is 3.67. The minimum atomic E-state index is -0.896. The molecule has 1 atom stereocenters. The largest absolute Gasteiger partial charge is 0.465 e. The van der Waals surface area contributed by atoms with Crippen LogP contribution in [0, 0.1) is 0 Å². The van der Waals surface area contributed by atoms with Crippen LogP contribution in [0.25, 0.3) is 0 Å². The van der Waals surface area contributed by atoms with E-state index < -0.39 is 5.54 Å². The summed E-state index contributed by atoms with van der Waals surface area (Å²) in [6, 6.07) is 0. The van der Waals surface area contributed by atoms with E-state index >= 15 is 0 Å². The summed E-state index contributed by atoms with van der Waals surface area (Å²) < 4.78 is 11.1. The lowest BCUT2D eigenvalue weighted by Gasteiger charge is -2.47. The van der Waals surface area contributed by atoms with Gasteiger partial charge in [-0.3, -0.25) is 9.69 Å². The average molecular weight is 300 g/mol. The van der Waals surface area contributed by atoms with Gasteiger partial charge in [-0.1, -0.05) is 0 Å². The third-order valence-corrected chi connectivity index (χ3v) is 3.67. The summed E-state index contributed by atoms with van der Waals surface area (Å²) in [7, 11) is 0. The molecule has 1 rings (SSSR count). The minimum absolute atomic E-state index is 0.144. The van der Waals surface area contributed by atoms with Crippen molar-refractivity contribution in [2.24, 2.45) is 5.73 Å². The van der Waals surface area contributed by atoms with E-state index in [4.69, 9.17) is 15.2 Å². The SMILES string of the molecule is CCOC(=O)C(C)(N)CCCN1CC(C)(C)OC(C)(C)C1. The molecule has 21 heavy (non-hydrogen) atoms. The van der Waals surface area contributed by atoms with Crippen molar-refractivity contribution in [2.75, 3.05) is 26.2 Å². The lowest BCUT2D eigenvalue weighted by Crippen LogP contribution is -2.57. The van der Waals surface area contributed by atoms with Gasteiger partial charge in [0.25, 0.3) is 0 Å². The van der Waals surface area contributed by atoms with Crippen LogP contribution in [0.1, 0.15) is 54.4 Å². The molecule has 0 aliphatic carbocycles. The molecule has 0 aromatic carbocycles. The predicted molar refractivity (Wildman–Crippen MR) is 84.1 cm³/mol. The highest BCUT2D eigenvalue weighted by Crippen LogP contribution is 2.28. The van der Waals surface area contributed by atoms with Gasteiger partial charge >= 0.3 is 5.97 Å². The van der Waals surface area contributed by atoms with Gasteiger partial charge in [0.15, 0.2) is 0 Å². The molecule has 5 nitrogen and oxygen atoms in total. The van der Waals surface area contributed by atoms with Crippen LogP contribution in [0.15, 0.2) is 0 Å². The van der Waals surface area contributed by atoms with Gasteiger partial charge < -0.3 is 15.2 Å². The molecule has 1 fully saturated rings. The van der Waals surface area contributed by atoms with Crippen LogP contribution in [-0.4, -0.2) is 53.9 Å². The van der Waals surface area contributed by atoms with E-state index in [1.807, 2.05) is 0 Å². The molecule has 0 bridgehead atoms. The van der Waals surface area contributed by atoms with Gasteiger partial charge in [0.2, 0.25) is 0 Å². The number of nitrogens with zero attached hydrogens (tertiary/aromatic N) is 1. The molecular weight excluding hydrogens is 268 g/mol. The molecule has 2 N–H and O–H groups in total. The number of morpholine rings is 1. The van der Waals surface area contributed by atoms with Crippen LogP contribution in [-0.2, 0) is 14.3 Å². The molecule has 0 saturated carbocycles. The van der Waals surface area contributed by atoms with Gasteiger partial charge in [0.1, 0.15) is 5.54 Å². The van der Waals surface area contributed by atoms with Crippen LogP contribution in [0.2, 0.25) is 0 Å². The Kier molecular flexibility index (Phi) is 5.81. The first-order chi connectivity index (χ1) is 9.47. The van der Waals surface area contributed by atoms with E-state index in [0.29, 0.717) is 13.0 Å². The summed E-state index contributed by atoms with van der Waals surface area (Å²) in [5, 5.41) is 0. The quantitative estimate of drug-likeness (QED) is 0.759. The lowest BCUT2D eigenvalue weighted by atomic mass is 9.95. The number of carbonyl (C=O) groups is 1. The first-order valence-electron chi connectivity index (χ1n) is 7.86. The van der Waals surface area contributed by atoms with Gasteiger partial charge in [-0.25, -0.2) is 0 Å². The maximum Gasteiger partial charge on any atom is 0.325 e. The maximum absolute atomic E-state index is 11.8. The molecule has 1 unspecified atom stereocenters. The summed E-state index contributed by atoms with van der Waals surface area (Å²) in [5.74, 6) is -0.312. The van der Waals surface area contributed by atoms with Crippen LogP contribution in [0.4, 0.5) is 0 Å². The topological polar surface area (TPSA) is 64.8 Å². The first kappa shape index (κ1) is 18.4. The van der Waals surface area contributed by atoms with Crippen molar-refractivity contribution >= 4 is 5.97 Å². The summed E-state index contributed by atoms with van der Waals surface area (Å²) >= 11 is 0. The second-order valence-electron chi connectivity index (χ2n) is 7.57. The van der Waals surface area contributed by atoms with E-state index in [1.54, 1.807) is 13.8 Å². The Morgan fingerprint density at radius 2 is 1.81 bits per heavy atom. The van der Waals surface area contributed by atoms with E-state index in [9.17, 15) is 4.79 Å². The summed E-state index contributed by atoms with van der Waals surface area (Å²) in [6.07, 6.45) is 1.50. The first-order valence-corrected chi connectivity index (χ1v) is 7.86. The monoisotopic (exact) mass is 300 g/mol. The van der Waals surface area contributed by atoms with Crippen molar-refractivity contribution < 1.29 is 14.3 Å². The fraction of sp³-hybridized carbons (Fsp3) is 0.938. The zero-order chi connectivity index (χ0) is 16.3. The molecule has 1 aliphatic heterocycles. The smallest absolute Gasteiger partial charge is 0.325 e. The maximum atomic E-state index is 11.8. The zero-order valence-electron chi connectivity index (χ0n) is 14.5. The van der Waals surface area contributed by atoms with E-state index in [0.717, 1.165) is 26.1 Å². The summed E-state index contributed by atoms with van der Waals surface area (Å²) in [4.78, 5) is 14.2. The van der Waals surface area contributed by atoms with Crippen molar-refractivity contribution in [1.82, 2.24) is 4.90 Å². The fourth-order valence-electron chi connectivity index (χ4n) is 3.17. The van der Waals surface area contributed by atoms with Gasteiger partial charge in [-0.2, -0.15) is 0 Å². The van der Waals surface area contributed by atoms with Crippen LogP contribution in [0.3, 0.4) is 0 Å². The predicted octanol–water partition coefficient (Wildman–Crippen LogP) is 1.94. The van der Waals surface area contributed by atoms with Crippen LogP contribution < -0.4 is 5.73 Å². The Bertz CT molecular complexity index is 349. The highest BCUT2D eigenvalue weighted by molar-refractivity contribution is 5.79. The molecular formula is C16H32N2O3. The highest BCUT2D eigenvalue weighted by Gasteiger charge is 2.38. The molecule has 5 heteroatoms. The summed E-state index contributed by atoms with van der Waals surface area (Å²) in [5.41, 5.74) is 4.87. The number of carbonyl (C=O) groups excluding carboxylic acids is 1. The molecule has 0 spiro atoms. The van der Waals surface area contributed by atoms with Crippen molar-refractivity contribution in [3.05, 3.63) is 0 Å². The Balaban J connectivity index is 2.46. The molecule has 0 amide bonds. The number of ether oxygens (including phenoxy) is 2. The number of hydrogen-bond donors (Lipinski definition) is 1. The third kappa shape index (κ3) is 5.93. The standard InChI is InChI=1S/C16H32N2O3/c1-7-20-13(19)16(6,17)9-8-10-18-11-14(2,3)21-15(4,5)12-18/h7-12,17H2,1-6H3. The van der Waals surface area contributed by atoms with Crippen molar-refractivity contribution in [3.63, 3.8) is 0 Å². The number of rotatable bonds is 6. The van der Waals surface area contributed by atoms with E-state index in [-0.39, 0.29) is 17.2 Å². The second kappa shape index (κ2) is 6.63. The van der Waals surface area contributed by atoms with Gasteiger partial charge in [-0.15, -0.1) is 0 Å². The van der Waals surface area contributed by atoms with Crippen molar-refractivity contribution in [3.8, 4) is 0 Å². The van der Waals surface area contributed by atoms with E-state index in [2.05, 4.69) is 32.6 Å². The Labute approximate surface area is 129 Å². The Morgan fingerprint density at radius 3 is 2.29 bits per heavy atom. The average Bonchev–Trinajstić information content (AvgIpc) is 2.24. The van der Waals surface area contributed by atoms with Gasteiger partial charge in [0, 0.05) is 13.1 Å². The van der Waals surface area contributed by atoms with Gasteiger partial charge in [0.05, 0.1) is 17.8 Å². The number of esters is 1. The molecule has 1 aliphatic rings. The molecule has 0 radical (unpaired) electrons. The molecule has 124 valence electrons. The highest BCUT2D eigenvalue weighted by atomic mass is 16.5. The van der Waals surface area contributed by atoms with Crippen LogP contribution in [0.5, 0.6) is 0 Å². The minimum Gasteiger partial charge on any atom is -0.465 e. The Hall–Kier alpha value is -0.650. The van der Waals surface area contributed by atoms with Crippen molar-refractivity contribution in [2.45, 2.75) is 71.1 Å². The van der Waals surface area contributed by atoms with E-state index in [1.165, 1.54) is 0 Å². The molecule has 0 aromatic rings. The summed E-state index contributed by atoms with van der Waals surface area (Å²) in [6.45, 7) is 15.1. The van der Waals surface area contributed by atoms with Crippen LogP contribution >= 0.6 is 0 Å². The van der Waals surface area contributed by atoms with Gasteiger partial charge in [-0.05, 0) is 60.9 Å². The molecule has 1 heterocycles. The van der Waals surface area contributed by atoms with Crippen molar-refractivity contribution in [1.29, 1.82) is 0 Å². The molecule has 0 aromatic heterocycles. The number of nitrogens with two attached hydrogens (primary N) is 1. The Morgan fingerprint density at radius 1 is 1.29 bits per heavy atom. The number of hydrogen-bond acceptors (Lipinski definition) is 5.